The molecule has 1 aliphatic rings. The number of carbonyl (C=O) groups is 1. The van der Waals surface area contributed by atoms with Crippen molar-refractivity contribution in [2.24, 2.45) is 0 Å². The average molecular weight is 264 g/mol. The average Bonchev–Trinajstić information content (AvgIpc) is 2.84. The van der Waals surface area contributed by atoms with Crippen LogP contribution >= 0.6 is 0 Å². The van der Waals surface area contributed by atoms with Crippen LogP contribution in [0.4, 0.5) is 0 Å². The van der Waals surface area contributed by atoms with Crippen LogP contribution in [0.1, 0.15) is 43.8 Å². The maximum absolute atomic E-state index is 11.6. The van der Waals surface area contributed by atoms with Gasteiger partial charge >= 0.3 is 5.97 Å². The third-order valence-corrected chi connectivity index (χ3v) is 3.56. The molecule has 2 rings (SSSR count). The van der Waals surface area contributed by atoms with Gasteiger partial charge < -0.3 is 14.5 Å². The van der Waals surface area contributed by atoms with Crippen LogP contribution < -0.4 is 5.32 Å². The fourth-order valence-electron chi connectivity index (χ4n) is 2.54. The molecule has 0 saturated carbocycles. The summed E-state index contributed by atoms with van der Waals surface area (Å²) >= 11 is 0. The van der Waals surface area contributed by atoms with E-state index in [1.165, 1.54) is 7.11 Å². The highest BCUT2D eigenvalue weighted by Crippen LogP contribution is 2.29. The van der Waals surface area contributed by atoms with Crippen LogP contribution in [0.5, 0.6) is 0 Å². The zero-order valence-electron chi connectivity index (χ0n) is 11.1. The van der Waals surface area contributed by atoms with Gasteiger partial charge in [-0.2, -0.15) is 0 Å². The lowest BCUT2D eigenvalue weighted by molar-refractivity contribution is -0.141. The second-order valence-electron chi connectivity index (χ2n) is 4.88. The summed E-state index contributed by atoms with van der Waals surface area (Å²) in [6.45, 7) is 0. The van der Waals surface area contributed by atoms with Gasteiger partial charge in [0.1, 0.15) is 5.76 Å². The number of nitrogens with one attached hydrogen (secondary N) is 2. The number of ether oxygens (including phenoxy) is 1. The minimum atomic E-state index is -0.251. The highest BCUT2D eigenvalue weighted by Gasteiger charge is 2.29. The molecule has 19 heavy (non-hydrogen) atoms. The normalized spacial score (nSPS) is 21.3. The van der Waals surface area contributed by atoms with E-state index in [1.807, 2.05) is 12.1 Å². The SMILES string of the molecule is COC(=O)CC(c1ccco1)C1CCCCC(=N)N1. The van der Waals surface area contributed by atoms with Gasteiger partial charge in [-0.05, 0) is 25.0 Å². The van der Waals surface area contributed by atoms with E-state index in [2.05, 4.69) is 5.32 Å². The van der Waals surface area contributed by atoms with Gasteiger partial charge in [0.25, 0.3) is 0 Å². The van der Waals surface area contributed by atoms with Crippen LogP contribution in [0.25, 0.3) is 0 Å². The standard InChI is InChI=1S/C14H20N2O3/c1-18-14(17)9-10(12-6-4-8-19-12)11-5-2-3-7-13(15)16-11/h4,6,8,10-11H,2-3,5,7,9H2,1H3,(H2,15,16). The molecule has 1 aliphatic heterocycles. The molecule has 0 radical (unpaired) electrons. The molecule has 1 aromatic heterocycles. The van der Waals surface area contributed by atoms with Gasteiger partial charge in [0.2, 0.25) is 0 Å². The molecule has 2 N–H and O–H groups in total. The first-order valence-corrected chi connectivity index (χ1v) is 6.65. The quantitative estimate of drug-likeness (QED) is 0.819. The van der Waals surface area contributed by atoms with Crippen molar-refractivity contribution in [3.8, 4) is 0 Å². The van der Waals surface area contributed by atoms with E-state index in [0.717, 1.165) is 31.4 Å². The zero-order chi connectivity index (χ0) is 13.7. The molecule has 0 spiro atoms. The Hall–Kier alpha value is -1.78. The van der Waals surface area contributed by atoms with Crippen LogP contribution in [-0.2, 0) is 9.53 Å². The van der Waals surface area contributed by atoms with E-state index in [4.69, 9.17) is 14.6 Å². The molecule has 1 saturated heterocycles. The Morgan fingerprint density at radius 2 is 2.47 bits per heavy atom. The van der Waals surface area contributed by atoms with Crippen molar-refractivity contribution in [1.29, 1.82) is 5.41 Å². The summed E-state index contributed by atoms with van der Waals surface area (Å²) in [5.74, 6) is 0.987. The van der Waals surface area contributed by atoms with Crippen LogP contribution in [0.15, 0.2) is 22.8 Å². The summed E-state index contributed by atoms with van der Waals surface area (Å²) in [7, 11) is 1.39. The van der Waals surface area contributed by atoms with Crippen molar-refractivity contribution in [3.05, 3.63) is 24.2 Å². The van der Waals surface area contributed by atoms with Gasteiger partial charge in [-0.1, -0.05) is 6.42 Å². The van der Waals surface area contributed by atoms with Crippen LogP contribution in [-0.4, -0.2) is 25.0 Å². The molecule has 1 fully saturated rings. The predicted molar refractivity (Wildman–Crippen MR) is 71.2 cm³/mol. The molecule has 2 unspecified atom stereocenters. The summed E-state index contributed by atoms with van der Waals surface area (Å²) in [5, 5.41) is 11.1. The summed E-state index contributed by atoms with van der Waals surface area (Å²) in [5.41, 5.74) is 0. The minimum Gasteiger partial charge on any atom is -0.469 e. The van der Waals surface area contributed by atoms with Crippen molar-refractivity contribution in [2.75, 3.05) is 7.11 Å². The third kappa shape index (κ3) is 3.59. The van der Waals surface area contributed by atoms with Gasteiger partial charge in [-0.25, -0.2) is 0 Å². The first kappa shape index (κ1) is 13.6. The molecule has 2 atom stereocenters. The number of carbonyl (C=O) groups excluding carboxylic acids is 1. The molecule has 5 heteroatoms. The van der Waals surface area contributed by atoms with Crippen molar-refractivity contribution in [1.82, 2.24) is 5.32 Å². The monoisotopic (exact) mass is 264 g/mol. The highest BCUT2D eigenvalue weighted by molar-refractivity contribution is 5.79. The van der Waals surface area contributed by atoms with E-state index in [-0.39, 0.29) is 24.3 Å². The smallest absolute Gasteiger partial charge is 0.306 e. The Balaban J connectivity index is 2.16. The first-order chi connectivity index (χ1) is 9.20. The number of furan rings is 1. The number of rotatable bonds is 4. The summed E-state index contributed by atoms with van der Waals surface area (Å²) in [6.07, 6.45) is 5.67. The van der Waals surface area contributed by atoms with E-state index in [1.54, 1.807) is 6.26 Å². The van der Waals surface area contributed by atoms with Crippen LogP contribution in [0.3, 0.4) is 0 Å². The Morgan fingerprint density at radius 3 is 3.16 bits per heavy atom. The Labute approximate surface area is 112 Å². The Morgan fingerprint density at radius 1 is 1.63 bits per heavy atom. The topological polar surface area (TPSA) is 75.3 Å². The Kier molecular flexibility index (Phi) is 4.60. The first-order valence-electron chi connectivity index (χ1n) is 6.65. The second-order valence-corrected chi connectivity index (χ2v) is 4.88. The van der Waals surface area contributed by atoms with E-state index in [0.29, 0.717) is 5.84 Å². The van der Waals surface area contributed by atoms with E-state index < -0.39 is 0 Å². The Bertz CT molecular complexity index is 428. The van der Waals surface area contributed by atoms with E-state index in [9.17, 15) is 4.79 Å². The summed E-state index contributed by atoms with van der Waals surface area (Å²) < 4.78 is 10.2. The van der Waals surface area contributed by atoms with Gasteiger partial charge in [0, 0.05) is 18.4 Å². The molecule has 104 valence electrons. The third-order valence-electron chi connectivity index (χ3n) is 3.56. The fourth-order valence-corrected chi connectivity index (χ4v) is 2.54. The second kappa shape index (κ2) is 6.41. The lowest BCUT2D eigenvalue weighted by Gasteiger charge is -2.25. The summed E-state index contributed by atoms with van der Waals surface area (Å²) in [4.78, 5) is 11.6. The maximum Gasteiger partial charge on any atom is 0.306 e. The summed E-state index contributed by atoms with van der Waals surface area (Å²) in [6, 6.07) is 3.76. The molecular weight excluding hydrogens is 244 g/mol. The zero-order valence-corrected chi connectivity index (χ0v) is 11.1. The predicted octanol–water partition coefficient (Wildman–Crippen LogP) is 2.44. The lowest BCUT2D eigenvalue weighted by Crippen LogP contribution is -2.38. The molecule has 0 aliphatic carbocycles. The van der Waals surface area contributed by atoms with Crippen LogP contribution in [0.2, 0.25) is 0 Å². The number of esters is 1. The molecular formula is C14H20N2O3. The van der Waals surface area contributed by atoms with Gasteiger partial charge in [0.05, 0.1) is 25.6 Å². The number of amidine groups is 1. The van der Waals surface area contributed by atoms with Crippen molar-refractivity contribution >= 4 is 11.8 Å². The molecule has 5 nitrogen and oxygen atoms in total. The molecule has 1 aromatic rings. The number of methoxy groups -OCH3 is 1. The van der Waals surface area contributed by atoms with E-state index >= 15 is 0 Å². The van der Waals surface area contributed by atoms with Crippen LogP contribution in [0, 0.1) is 5.41 Å². The maximum atomic E-state index is 11.6. The molecule has 0 amide bonds. The molecule has 2 heterocycles. The largest absolute Gasteiger partial charge is 0.469 e. The number of hydrogen-bond donors (Lipinski definition) is 2. The lowest BCUT2D eigenvalue weighted by atomic mass is 9.90. The fraction of sp³-hybridized carbons (Fsp3) is 0.571. The minimum absolute atomic E-state index is 0.0558. The van der Waals surface area contributed by atoms with Gasteiger partial charge in [0.15, 0.2) is 0 Å². The van der Waals surface area contributed by atoms with Crippen molar-refractivity contribution in [2.45, 2.75) is 44.1 Å². The van der Waals surface area contributed by atoms with Crippen molar-refractivity contribution in [3.63, 3.8) is 0 Å². The van der Waals surface area contributed by atoms with Crippen molar-refractivity contribution < 1.29 is 13.9 Å². The number of hydrogen-bond acceptors (Lipinski definition) is 4. The molecule has 0 bridgehead atoms. The molecule has 0 aromatic carbocycles. The highest BCUT2D eigenvalue weighted by atomic mass is 16.5. The van der Waals surface area contributed by atoms with Gasteiger partial charge in [-0.3, -0.25) is 10.2 Å². The van der Waals surface area contributed by atoms with Gasteiger partial charge in [-0.15, -0.1) is 0 Å².